The number of carbonyl (C=O) groups excluding carboxylic acids is 2. The number of ether oxygens (including phenoxy) is 2. The van der Waals surface area contributed by atoms with Crippen molar-refractivity contribution in [2.24, 2.45) is 11.8 Å². The van der Waals surface area contributed by atoms with Crippen LogP contribution >= 0.6 is 11.6 Å². The van der Waals surface area contributed by atoms with Gasteiger partial charge >= 0.3 is 5.97 Å². The van der Waals surface area contributed by atoms with E-state index in [2.05, 4.69) is 28.3 Å². The standard InChI is InChI=1S/C29H32ClNO5/c1-3-25(32)22-9-6-20(22)15-31-16-29(12-4-5-18-13-21(30)8-10-23(18)29)17-36-26-11-7-19(14-24(26)31)27(33)28(34)35-2/h3,7-8,10-11,13-14,20,22,25,32H,1,4-6,9,12,15-17H2,2H3/t20-,22+,25-,29-/m0/s1. The summed E-state index contributed by atoms with van der Waals surface area (Å²) in [6, 6.07) is 11.3. The first-order valence-electron chi connectivity index (χ1n) is 12.6. The van der Waals surface area contributed by atoms with Crippen LogP contribution < -0.4 is 9.64 Å². The second-order valence-electron chi connectivity index (χ2n) is 10.3. The molecular formula is C29H32ClNO5. The van der Waals surface area contributed by atoms with Gasteiger partial charge in [0.1, 0.15) is 5.75 Å². The summed E-state index contributed by atoms with van der Waals surface area (Å²) in [6.07, 6.45) is 6.05. The van der Waals surface area contributed by atoms with Crippen LogP contribution in [0.15, 0.2) is 49.1 Å². The van der Waals surface area contributed by atoms with Crippen LogP contribution in [-0.2, 0) is 21.4 Å². The van der Waals surface area contributed by atoms with E-state index in [0.29, 0.717) is 25.4 Å². The lowest BCUT2D eigenvalue weighted by molar-refractivity contribution is -0.135. The molecule has 0 aromatic heterocycles. The molecule has 36 heavy (non-hydrogen) atoms. The third kappa shape index (κ3) is 4.41. The average molecular weight is 510 g/mol. The van der Waals surface area contributed by atoms with E-state index < -0.39 is 17.9 Å². The molecule has 7 heteroatoms. The Labute approximate surface area is 216 Å². The molecule has 0 bridgehead atoms. The van der Waals surface area contributed by atoms with E-state index in [-0.39, 0.29) is 22.8 Å². The molecule has 2 aliphatic carbocycles. The first-order chi connectivity index (χ1) is 17.3. The summed E-state index contributed by atoms with van der Waals surface area (Å²) in [7, 11) is 1.21. The fourth-order valence-corrected chi connectivity index (χ4v) is 6.39. The number of aryl methyl sites for hydroxylation is 1. The Morgan fingerprint density at radius 3 is 2.86 bits per heavy atom. The maximum Gasteiger partial charge on any atom is 0.379 e. The molecule has 0 saturated heterocycles. The molecule has 1 N–H and O–H groups in total. The van der Waals surface area contributed by atoms with Crippen molar-refractivity contribution >= 4 is 29.0 Å². The van der Waals surface area contributed by atoms with Crippen molar-refractivity contribution in [3.63, 3.8) is 0 Å². The van der Waals surface area contributed by atoms with Gasteiger partial charge in [-0.2, -0.15) is 0 Å². The number of ketones is 1. The van der Waals surface area contributed by atoms with E-state index >= 15 is 0 Å². The Morgan fingerprint density at radius 2 is 2.14 bits per heavy atom. The number of esters is 1. The molecule has 1 spiro atoms. The number of methoxy groups -OCH3 is 1. The summed E-state index contributed by atoms with van der Waals surface area (Å²) in [5.41, 5.74) is 3.35. The molecule has 0 radical (unpaired) electrons. The number of fused-ring (bicyclic) bond motifs is 3. The molecule has 4 atom stereocenters. The van der Waals surface area contributed by atoms with Gasteiger partial charge in [-0.3, -0.25) is 4.79 Å². The number of hydrogen-bond acceptors (Lipinski definition) is 6. The molecule has 2 aromatic carbocycles. The lowest BCUT2D eigenvalue weighted by atomic mass is 9.68. The van der Waals surface area contributed by atoms with E-state index in [1.165, 1.54) is 18.2 Å². The number of halogens is 1. The Morgan fingerprint density at radius 1 is 1.31 bits per heavy atom. The van der Waals surface area contributed by atoms with Crippen LogP contribution in [0.3, 0.4) is 0 Å². The fraction of sp³-hybridized carbons (Fsp3) is 0.448. The number of rotatable bonds is 6. The molecule has 2 aromatic rings. The number of carbonyl (C=O) groups is 2. The number of nitrogens with zero attached hydrogens (tertiary/aromatic N) is 1. The van der Waals surface area contributed by atoms with Crippen LogP contribution in [-0.4, -0.2) is 49.8 Å². The van der Waals surface area contributed by atoms with E-state index in [1.54, 1.807) is 24.3 Å². The molecule has 3 aliphatic rings. The number of anilines is 1. The SMILES string of the molecule is C=C[C@H](O)[C@@H]1CC[C@H]1CN1C[C@@]2(CCCc3cc(Cl)ccc32)COc2ccc(C(=O)C(=O)OC)cc21. The summed E-state index contributed by atoms with van der Waals surface area (Å²) in [4.78, 5) is 26.9. The largest absolute Gasteiger partial charge is 0.490 e. The van der Waals surface area contributed by atoms with Gasteiger partial charge in [0.2, 0.25) is 0 Å². The van der Waals surface area contributed by atoms with Crippen molar-refractivity contribution < 1.29 is 24.2 Å². The predicted octanol–water partition coefficient (Wildman–Crippen LogP) is 4.74. The Hall–Kier alpha value is -2.83. The highest BCUT2D eigenvalue weighted by Crippen LogP contribution is 2.46. The minimum absolute atomic E-state index is 0.156. The third-order valence-electron chi connectivity index (χ3n) is 8.28. The van der Waals surface area contributed by atoms with Crippen molar-refractivity contribution in [3.8, 4) is 5.75 Å². The van der Waals surface area contributed by atoms with Gasteiger partial charge in [-0.1, -0.05) is 23.7 Å². The monoisotopic (exact) mass is 509 g/mol. The van der Waals surface area contributed by atoms with Crippen molar-refractivity contribution in [1.82, 2.24) is 0 Å². The maximum absolute atomic E-state index is 12.6. The number of hydrogen-bond donors (Lipinski definition) is 1. The predicted molar refractivity (Wildman–Crippen MR) is 139 cm³/mol. The van der Waals surface area contributed by atoms with E-state index in [4.69, 9.17) is 16.3 Å². The van der Waals surface area contributed by atoms with Gasteiger partial charge in [0, 0.05) is 29.1 Å². The molecule has 1 saturated carbocycles. The van der Waals surface area contributed by atoms with Crippen LogP contribution in [0.2, 0.25) is 5.02 Å². The normalized spacial score (nSPS) is 25.5. The highest BCUT2D eigenvalue weighted by molar-refractivity contribution is 6.40. The zero-order valence-corrected chi connectivity index (χ0v) is 21.3. The molecule has 1 heterocycles. The summed E-state index contributed by atoms with van der Waals surface area (Å²) in [5.74, 6) is -0.439. The maximum atomic E-state index is 12.6. The number of aliphatic hydroxyl groups is 1. The Bertz CT molecular complexity index is 1200. The zero-order chi connectivity index (χ0) is 25.4. The van der Waals surface area contributed by atoms with Crippen molar-refractivity contribution in [2.75, 3.05) is 31.7 Å². The molecule has 0 unspecified atom stereocenters. The van der Waals surface area contributed by atoms with Crippen LogP contribution in [0.4, 0.5) is 5.69 Å². The molecule has 6 nitrogen and oxygen atoms in total. The van der Waals surface area contributed by atoms with Crippen molar-refractivity contribution in [2.45, 2.75) is 43.6 Å². The van der Waals surface area contributed by atoms with Crippen LogP contribution in [0, 0.1) is 11.8 Å². The summed E-state index contributed by atoms with van der Waals surface area (Å²) < 4.78 is 11.1. The van der Waals surface area contributed by atoms with Gasteiger partial charge in [-0.15, -0.1) is 6.58 Å². The topological polar surface area (TPSA) is 76.1 Å². The van der Waals surface area contributed by atoms with Crippen molar-refractivity contribution in [3.05, 3.63) is 70.8 Å². The third-order valence-corrected chi connectivity index (χ3v) is 8.52. The average Bonchev–Trinajstić information content (AvgIpc) is 3.02. The summed E-state index contributed by atoms with van der Waals surface area (Å²) in [5, 5.41) is 11.2. The number of aliphatic hydroxyl groups excluding tert-OH is 1. The Balaban J connectivity index is 1.55. The lowest BCUT2D eigenvalue weighted by Crippen LogP contribution is -2.49. The lowest BCUT2D eigenvalue weighted by Gasteiger charge is -2.45. The van der Waals surface area contributed by atoms with E-state index in [1.807, 2.05) is 6.07 Å². The fourth-order valence-electron chi connectivity index (χ4n) is 6.19. The van der Waals surface area contributed by atoms with Gasteiger partial charge in [0.05, 0.1) is 25.5 Å². The molecule has 1 fully saturated rings. The second kappa shape index (κ2) is 9.91. The van der Waals surface area contributed by atoms with Gasteiger partial charge in [0.15, 0.2) is 0 Å². The zero-order valence-electron chi connectivity index (χ0n) is 20.5. The summed E-state index contributed by atoms with van der Waals surface area (Å²) >= 11 is 6.33. The van der Waals surface area contributed by atoms with Gasteiger partial charge in [0.25, 0.3) is 5.78 Å². The highest BCUT2D eigenvalue weighted by atomic mass is 35.5. The molecule has 5 rings (SSSR count). The van der Waals surface area contributed by atoms with Crippen LogP contribution in [0.1, 0.15) is 47.2 Å². The van der Waals surface area contributed by atoms with Crippen LogP contribution in [0.25, 0.3) is 0 Å². The smallest absolute Gasteiger partial charge is 0.379 e. The van der Waals surface area contributed by atoms with Gasteiger partial charge in [-0.25, -0.2) is 4.79 Å². The van der Waals surface area contributed by atoms with Crippen molar-refractivity contribution in [1.29, 1.82) is 0 Å². The van der Waals surface area contributed by atoms with E-state index in [0.717, 1.165) is 42.8 Å². The molecule has 190 valence electrons. The second-order valence-corrected chi connectivity index (χ2v) is 10.8. The summed E-state index contributed by atoms with van der Waals surface area (Å²) in [6.45, 7) is 5.71. The first kappa shape index (κ1) is 24.8. The van der Waals surface area contributed by atoms with Gasteiger partial charge < -0.3 is 19.5 Å². The Kier molecular flexibility index (Phi) is 6.84. The molecule has 0 amide bonds. The minimum atomic E-state index is -0.890. The molecular weight excluding hydrogens is 478 g/mol. The number of benzene rings is 2. The van der Waals surface area contributed by atoms with Crippen LogP contribution in [0.5, 0.6) is 5.75 Å². The number of Topliss-reactive ketones (excluding diaryl/α,β-unsaturated/α-hetero) is 1. The first-order valence-corrected chi connectivity index (χ1v) is 13.0. The highest BCUT2D eigenvalue weighted by Gasteiger charge is 2.44. The minimum Gasteiger partial charge on any atom is -0.490 e. The van der Waals surface area contributed by atoms with Gasteiger partial charge in [-0.05, 0) is 85.4 Å². The quantitative estimate of drug-likeness (QED) is 0.262. The molecule has 1 aliphatic heterocycles. The van der Waals surface area contributed by atoms with E-state index in [9.17, 15) is 14.7 Å².